The molecule has 2 aliphatic rings. The minimum Gasteiger partial charge on any atom is -0.422 e. The second-order valence-electron chi connectivity index (χ2n) is 8.88. The van der Waals surface area contributed by atoms with Crippen molar-refractivity contribution in [3.8, 4) is 5.75 Å². The van der Waals surface area contributed by atoms with Gasteiger partial charge in [-0.2, -0.15) is 0 Å². The molecule has 11 nitrogen and oxygen atoms in total. The van der Waals surface area contributed by atoms with Crippen LogP contribution in [0, 0.1) is 0 Å². The summed E-state index contributed by atoms with van der Waals surface area (Å²) in [6.07, 6.45) is 0.0845. The number of piperazine rings is 2. The van der Waals surface area contributed by atoms with Crippen LogP contribution in [0.25, 0.3) is 0 Å². The van der Waals surface area contributed by atoms with Crippen molar-refractivity contribution < 1.29 is 28.7 Å². The van der Waals surface area contributed by atoms with Crippen LogP contribution in [0.2, 0.25) is 5.02 Å². The van der Waals surface area contributed by atoms with Crippen molar-refractivity contribution >= 4 is 58.0 Å². The molecule has 2 aromatic rings. The smallest absolute Gasteiger partial charge is 0.317 e. The molecule has 0 saturated carbocycles. The van der Waals surface area contributed by atoms with Crippen LogP contribution >= 0.6 is 11.6 Å². The van der Waals surface area contributed by atoms with E-state index in [0.29, 0.717) is 48.3 Å². The topological polar surface area (TPSA) is 126 Å². The molecule has 202 valence electrons. The molecule has 4 rings (SSSR count). The van der Waals surface area contributed by atoms with Crippen molar-refractivity contribution in [2.75, 3.05) is 73.4 Å². The lowest BCUT2D eigenvalue weighted by molar-refractivity contribution is -0.137. The second-order valence-corrected chi connectivity index (χ2v) is 9.32. The predicted molar refractivity (Wildman–Crippen MR) is 144 cm³/mol. The molecule has 0 aliphatic carbocycles. The van der Waals surface area contributed by atoms with Gasteiger partial charge < -0.3 is 25.0 Å². The van der Waals surface area contributed by atoms with E-state index < -0.39 is 17.8 Å². The van der Waals surface area contributed by atoms with Crippen molar-refractivity contribution in [1.29, 1.82) is 0 Å². The number of para-hydroxylation sites is 1. The Morgan fingerprint density at radius 3 is 2.21 bits per heavy atom. The number of benzene rings is 2. The lowest BCUT2D eigenvalue weighted by Gasteiger charge is -2.37. The molecule has 2 fully saturated rings. The number of methoxy groups -OCH3 is 1. The third-order valence-electron chi connectivity index (χ3n) is 6.47. The van der Waals surface area contributed by atoms with E-state index in [2.05, 4.69) is 0 Å². The van der Waals surface area contributed by atoms with Gasteiger partial charge in [0, 0.05) is 51.3 Å². The summed E-state index contributed by atoms with van der Waals surface area (Å²) in [5.41, 5.74) is 7.29. The summed E-state index contributed by atoms with van der Waals surface area (Å²) >= 11 is 6.09. The number of hydrogen-bond acceptors (Lipinski definition) is 8. The number of anilines is 4. The van der Waals surface area contributed by atoms with E-state index in [0.717, 1.165) is 0 Å². The maximum atomic E-state index is 13.3. The van der Waals surface area contributed by atoms with Gasteiger partial charge in [-0.1, -0.05) is 24.6 Å². The van der Waals surface area contributed by atoms with E-state index in [-0.39, 0.29) is 43.4 Å². The normalized spacial score (nSPS) is 16.8. The summed E-state index contributed by atoms with van der Waals surface area (Å²) in [5.74, 6) is -2.27. The van der Waals surface area contributed by atoms with E-state index in [1.54, 1.807) is 49.3 Å². The van der Waals surface area contributed by atoms with Crippen LogP contribution in [0.3, 0.4) is 0 Å². The Morgan fingerprint density at radius 2 is 1.58 bits per heavy atom. The fourth-order valence-electron chi connectivity index (χ4n) is 4.46. The zero-order valence-electron chi connectivity index (χ0n) is 21.3. The van der Waals surface area contributed by atoms with Gasteiger partial charge in [-0.3, -0.25) is 29.0 Å². The highest BCUT2D eigenvalue weighted by Crippen LogP contribution is 2.40. The van der Waals surface area contributed by atoms with Crippen LogP contribution in [-0.2, 0) is 23.9 Å². The van der Waals surface area contributed by atoms with Gasteiger partial charge >= 0.3 is 17.8 Å². The summed E-state index contributed by atoms with van der Waals surface area (Å²) in [4.78, 5) is 58.1. The molecule has 12 heteroatoms. The number of nitrogens with two attached hydrogens (primary N) is 1. The zero-order chi connectivity index (χ0) is 27.4. The molecule has 0 aromatic heterocycles. The monoisotopic (exact) mass is 543 g/mol. The number of amides is 3. The highest BCUT2D eigenvalue weighted by Gasteiger charge is 2.38. The van der Waals surface area contributed by atoms with Gasteiger partial charge in [0.05, 0.1) is 35.9 Å². The Bertz CT molecular complexity index is 1250. The van der Waals surface area contributed by atoms with E-state index >= 15 is 0 Å². The fourth-order valence-corrected chi connectivity index (χ4v) is 4.63. The molecular weight excluding hydrogens is 514 g/mol. The quantitative estimate of drug-likeness (QED) is 0.232. The van der Waals surface area contributed by atoms with Gasteiger partial charge in [0.25, 0.3) is 0 Å². The Labute approximate surface area is 225 Å². The molecule has 0 radical (unpaired) electrons. The van der Waals surface area contributed by atoms with Gasteiger partial charge in [0.2, 0.25) is 5.91 Å². The summed E-state index contributed by atoms with van der Waals surface area (Å²) in [6.45, 7) is 4.14. The lowest BCUT2D eigenvalue weighted by atomic mass is 10.1. The molecule has 0 bridgehead atoms. The lowest BCUT2D eigenvalue weighted by Crippen LogP contribution is -2.55. The van der Waals surface area contributed by atoms with Crippen LogP contribution in [-0.4, -0.2) is 81.6 Å². The molecule has 2 aromatic carbocycles. The second kappa shape index (κ2) is 11.8. The number of rotatable bonds is 8. The molecule has 2 saturated heterocycles. The highest BCUT2D eigenvalue weighted by molar-refractivity contribution is 6.46. The van der Waals surface area contributed by atoms with Crippen molar-refractivity contribution in [3.63, 3.8) is 0 Å². The first kappa shape index (κ1) is 27.4. The number of carbonyl (C=O) groups excluding carboxylic acids is 4. The number of carbonyl (C=O) groups is 4. The molecule has 3 amide bonds. The average Bonchev–Trinajstić information content (AvgIpc) is 2.91. The van der Waals surface area contributed by atoms with E-state index in [1.165, 1.54) is 15.9 Å². The van der Waals surface area contributed by atoms with Gasteiger partial charge in [-0.25, -0.2) is 0 Å². The predicted octanol–water partition coefficient (Wildman–Crippen LogP) is 1.91. The van der Waals surface area contributed by atoms with E-state index in [4.69, 9.17) is 26.8 Å². The SMILES string of the molecule is CCC(=O)Oc1c(N2CCN(CCOC)CC2=O)cccc1N1CCN(c2cc(Cl)ccc2N)C(=O)C1=O. The summed E-state index contributed by atoms with van der Waals surface area (Å²) < 4.78 is 10.8. The first-order chi connectivity index (χ1) is 18.2. The molecular formula is C26H30ClN5O6. The number of ether oxygens (including phenoxy) is 2. The number of esters is 1. The van der Waals surface area contributed by atoms with Crippen molar-refractivity contribution in [2.24, 2.45) is 0 Å². The molecule has 0 unspecified atom stereocenters. The molecule has 38 heavy (non-hydrogen) atoms. The zero-order valence-corrected chi connectivity index (χ0v) is 22.1. The van der Waals surface area contributed by atoms with Gasteiger partial charge in [-0.05, 0) is 30.3 Å². The van der Waals surface area contributed by atoms with Gasteiger partial charge in [-0.15, -0.1) is 0 Å². The molecule has 2 heterocycles. The molecule has 2 aliphatic heterocycles. The van der Waals surface area contributed by atoms with Gasteiger partial charge in [0.15, 0.2) is 5.75 Å². The number of hydrogen-bond donors (Lipinski definition) is 1. The van der Waals surface area contributed by atoms with Crippen LogP contribution < -0.4 is 25.2 Å². The Hall–Kier alpha value is -3.67. The average molecular weight is 544 g/mol. The van der Waals surface area contributed by atoms with Crippen molar-refractivity contribution in [2.45, 2.75) is 13.3 Å². The van der Waals surface area contributed by atoms with Crippen LogP contribution in [0.1, 0.15) is 13.3 Å². The first-order valence-corrected chi connectivity index (χ1v) is 12.7. The fraction of sp³-hybridized carbons (Fsp3) is 0.385. The number of nitrogens with zero attached hydrogens (tertiary/aromatic N) is 4. The Morgan fingerprint density at radius 1 is 0.947 bits per heavy atom. The molecule has 0 atom stereocenters. The standard InChI is InChI=1S/C26H30ClN5O6/c1-3-23(34)38-24-19(30-10-9-29(13-14-37-2)16-22(30)33)5-4-6-20(24)31-11-12-32(26(36)25(31)35)21-15-17(27)7-8-18(21)28/h4-8,15H,3,9-14,16,28H2,1-2H3. The maximum Gasteiger partial charge on any atom is 0.317 e. The molecule has 0 spiro atoms. The highest BCUT2D eigenvalue weighted by atomic mass is 35.5. The number of nitrogen functional groups attached to an aromatic ring is 1. The van der Waals surface area contributed by atoms with Gasteiger partial charge in [0.1, 0.15) is 0 Å². The maximum absolute atomic E-state index is 13.3. The van der Waals surface area contributed by atoms with E-state index in [1.807, 2.05) is 4.90 Å². The molecule has 2 N–H and O–H groups in total. The Balaban J connectivity index is 1.65. The van der Waals surface area contributed by atoms with Crippen LogP contribution in [0.5, 0.6) is 5.75 Å². The van der Waals surface area contributed by atoms with Crippen LogP contribution in [0.15, 0.2) is 36.4 Å². The third kappa shape index (κ3) is 5.59. The Kier molecular flexibility index (Phi) is 8.50. The first-order valence-electron chi connectivity index (χ1n) is 12.3. The minimum atomic E-state index is -0.822. The summed E-state index contributed by atoms with van der Waals surface area (Å²) in [7, 11) is 1.60. The third-order valence-corrected chi connectivity index (χ3v) is 6.71. The minimum absolute atomic E-state index is 0.0647. The van der Waals surface area contributed by atoms with Crippen molar-refractivity contribution in [1.82, 2.24) is 4.90 Å². The van der Waals surface area contributed by atoms with Crippen molar-refractivity contribution in [3.05, 3.63) is 41.4 Å². The summed E-state index contributed by atoms with van der Waals surface area (Å²) in [5, 5.41) is 0.380. The van der Waals surface area contributed by atoms with E-state index in [9.17, 15) is 19.2 Å². The number of halogens is 1. The summed E-state index contributed by atoms with van der Waals surface area (Å²) in [6, 6.07) is 9.62. The van der Waals surface area contributed by atoms with Crippen LogP contribution in [0.4, 0.5) is 22.7 Å². The largest absolute Gasteiger partial charge is 0.422 e.